The number of likely N-dealkylation sites (N-methyl/N-ethyl adjacent to an activating group) is 1. The second-order valence-electron chi connectivity index (χ2n) is 8.76. The van der Waals surface area contributed by atoms with Crippen molar-refractivity contribution in [3.63, 3.8) is 0 Å². The summed E-state index contributed by atoms with van der Waals surface area (Å²) < 4.78 is 5.81. The summed E-state index contributed by atoms with van der Waals surface area (Å²) in [6, 6.07) is 25.5. The second-order valence-corrected chi connectivity index (χ2v) is 8.76. The lowest BCUT2D eigenvalue weighted by Gasteiger charge is -2.25. The van der Waals surface area contributed by atoms with Crippen molar-refractivity contribution in [1.82, 2.24) is 4.90 Å². The third-order valence-electron chi connectivity index (χ3n) is 5.61. The smallest absolute Gasteiger partial charge is 0.300 e. The number of carbonyl (C=O) groups is 1. The summed E-state index contributed by atoms with van der Waals surface area (Å²) in [5.74, 6) is 0.134. The number of carbonyl (C=O) groups excluding carboxylic acids is 1. The number of aryl methyl sites for hydroxylation is 2. The van der Waals surface area contributed by atoms with E-state index in [1.54, 1.807) is 11.0 Å². The van der Waals surface area contributed by atoms with Gasteiger partial charge in [0.2, 0.25) is 0 Å². The predicted octanol–water partition coefficient (Wildman–Crippen LogP) is 6.76. The summed E-state index contributed by atoms with van der Waals surface area (Å²) >= 11 is 0. The molecular weight excluding hydrogens is 422 g/mol. The molecule has 4 rings (SSSR count). The van der Waals surface area contributed by atoms with Gasteiger partial charge in [-0.2, -0.15) is 0 Å². The quantitative estimate of drug-likeness (QED) is 0.388. The molecule has 1 heterocycles. The zero-order chi connectivity index (χ0) is 24.2. The second kappa shape index (κ2) is 9.96. The molecule has 0 aliphatic carbocycles. The molecular formula is C29H31N3O2. The zero-order valence-corrected chi connectivity index (χ0v) is 20.4. The normalized spacial score (nSPS) is 15.9. The Balaban J connectivity index is 1.66. The number of anilines is 3. The van der Waals surface area contributed by atoms with Crippen LogP contribution >= 0.6 is 0 Å². The van der Waals surface area contributed by atoms with Gasteiger partial charge in [0, 0.05) is 29.6 Å². The van der Waals surface area contributed by atoms with Crippen LogP contribution in [0.3, 0.4) is 0 Å². The van der Waals surface area contributed by atoms with Gasteiger partial charge in [-0.15, -0.1) is 0 Å². The number of hydrogen-bond donors (Lipinski definition) is 0. The van der Waals surface area contributed by atoms with Crippen molar-refractivity contribution in [2.75, 3.05) is 11.4 Å². The van der Waals surface area contributed by atoms with Crippen LogP contribution in [0.15, 0.2) is 83.5 Å². The number of amidine groups is 1. The highest BCUT2D eigenvalue weighted by Gasteiger charge is 2.33. The third kappa shape index (κ3) is 5.04. The van der Waals surface area contributed by atoms with Gasteiger partial charge in [-0.1, -0.05) is 47.5 Å². The van der Waals surface area contributed by atoms with Crippen LogP contribution in [0.5, 0.6) is 0 Å². The lowest BCUT2D eigenvalue weighted by atomic mass is 10.1. The molecule has 1 aliphatic rings. The minimum Gasteiger partial charge on any atom is -0.420 e. The van der Waals surface area contributed by atoms with Crippen LogP contribution in [0.25, 0.3) is 6.08 Å². The van der Waals surface area contributed by atoms with Gasteiger partial charge in [0.25, 0.3) is 5.91 Å². The van der Waals surface area contributed by atoms with Crippen molar-refractivity contribution in [3.05, 3.63) is 95.2 Å². The van der Waals surface area contributed by atoms with Gasteiger partial charge in [-0.05, 0) is 82.7 Å². The number of benzene rings is 3. The van der Waals surface area contributed by atoms with Gasteiger partial charge >= 0.3 is 6.02 Å². The van der Waals surface area contributed by atoms with Crippen LogP contribution in [0, 0.1) is 13.8 Å². The van der Waals surface area contributed by atoms with Crippen molar-refractivity contribution in [3.8, 4) is 0 Å². The molecule has 3 aromatic carbocycles. The van der Waals surface area contributed by atoms with Gasteiger partial charge in [-0.3, -0.25) is 9.69 Å². The third-order valence-corrected chi connectivity index (χ3v) is 5.61. The maximum absolute atomic E-state index is 12.8. The molecule has 0 atom stereocenters. The number of hydrogen-bond acceptors (Lipinski definition) is 4. The van der Waals surface area contributed by atoms with E-state index < -0.39 is 0 Å². The minimum absolute atomic E-state index is 0.0463. The van der Waals surface area contributed by atoms with Crippen molar-refractivity contribution in [2.24, 2.45) is 4.99 Å². The monoisotopic (exact) mass is 453 g/mol. The molecule has 3 aromatic rings. The van der Waals surface area contributed by atoms with Gasteiger partial charge in [-0.25, -0.2) is 4.99 Å². The highest BCUT2D eigenvalue weighted by molar-refractivity contribution is 6.11. The number of aliphatic imine (C=N–C) groups is 1. The first-order valence-electron chi connectivity index (χ1n) is 11.7. The van der Waals surface area contributed by atoms with E-state index in [0.29, 0.717) is 18.3 Å². The van der Waals surface area contributed by atoms with Crippen LogP contribution in [-0.4, -0.2) is 29.4 Å². The Kier molecular flexibility index (Phi) is 6.82. The van der Waals surface area contributed by atoms with Crippen LogP contribution in [0.2, 0.25) is 0 Å². The molecule has 34 heavy (non-hydrogen) atoms. The van der Waals surface area contributed by atoms with E-state index in [1.807, 2.05) is 32.9 Å². The largest absolute Gasteiger partial charge is 0.420 e. The summed E-state index contributed by atoms with van der Waals surface area (Å²) in [5, 5.41) is 0. The molecule has 5 nitrogen and oxygen atoms in total. The molecule has 1 saturated heterocycles. The maximum atomic E-state index is 12.8. The number of ether oxygens (including phenoxy) is 1. The Morgan fingerprint density at radius 3 is 1.76 bits per heavy atom. The summed E-state index contributed by atoms with van der Waals surface area (Å²) in [5.41, 5.74) is 6.54. The van der Waals surface area contributed by atoms with Gasteiger partial charge in [0.1, 0.15) is 0 Å². The number of amides is 1. The van der Waals surface area contributed by atoms with E-state index in [0.717, 1.165) is 22.6 Å². The van der Waals surface area contributed by atoms with E-state index in [4.69, 9.17) is 4.74 Å². The standard InChI is InChI=1S/C29H31N3O2/c1-6-31-28(33)27(34-29(31)30-20(2)3)19-23-11-17-26(18-12-23)32(24-13-7-21(4)8-14-24)25-15-9-22(5)10-16-25/h7-20H,6H2,1-5H3/b27-19+,30-29?. The molecule has 0 radical (unpaired) electrons. The highest BCUT2D eigenvalue weighted by Crippen LogP contribution is 2.35. The van der Waals surface area contributed by atoms with Crippen LogP contribution < -0.4 is 4.90 Å². The molecule has 1 amide bonds. The van der Waals surface area contributed by atoms with E-state index in [-0.39, 0.29) is 11.9 Å². The van der Waals surface area contributed by atoms with Crippen LogP contribution in [-0.2, 0) is 9.53 Å². The van der Waals surface area contributed by atoms with Gasteiger partial charge < -0.3 is 9.64 Å². The predicted molar refractivity (Wildman–Crippen MR) is 140 cm³/mol. The Hall–Kier alpha value is -3.86. The topological polar surface area (TPSA) is 45.1 Å². The van der Waals surface area contributed by atoms with E-state index >= 15 is 0 Å². The summed E-state index contributed by atoms with van der Waals surface area (Å²) in [6.45, 7) is 10.5. The number of rotatable bonds is 6. The molecule has 174 valence electrons. The van der Waals surface area contributed by atoms with E-state index in [9.17, 15) is 4.79 Å². The SMILES string of the molecule is CCN1C(=O)/C(=C\c2ccc(N(c3ccc(C)cc3)c3ccc(C)cc3)cc2)OC1=NC(C)C. The van der Waals surface area contributed by atoms with Crippen molar-refractivity contribution >= 4 is 35.1 Å². The summed E-state index contributed by atoms with van der Waals surface area (Å²) in [7, 11) is 0. The van der Waals surface area contributed by atoms with Crippen molar-refractivity contribution in [2.45, 2.75) is 40.7 Å². The van der Waals surface area contributed by atoms with Crippen molar-refractivity contribution < 1.29 is 9.53 Å². The van der Waals surface area contributed by atoms with E-state index in [2.05, 4.69) is 84.4 Å². The lowest BCUT2D eigenvalue weighted by Crippen LogP contribution is -2.30. The Morgan fingerprint density at radius 1 is 0.853 bits per heavy atom. The lowest BCUT2D eigenvalue weighted by molar-refractivity contribution is -0.122. The number of nitrogens with zero attached hydrogens (tertiary/aromatic N) is 3. The highest BCUT2D eigenvalue weighted by atomic mass is 16.5. The molecule has 0 spiro atoms. The average molecular weight is 454 g/mol. The van der Waals surface area contributed by atoms with Crippen molar-refractivity contribution in [1.29, 1.82) is 0 Å². The molecule has 0 unspecified atom stereocenters. The summed E-state index contributed by atoms with van der Waals surface area (Å²) in [4.78, 5) is 21.0. The Labute approximate surface area is 202 Å². The molecule has 1 fully saturated rings. The zero-order valence-electron chi connectivity index (χ0n) is 20.4. The fraction of sp³-hybridized carbons (Fsp3) is 0.241. The fourth-order valence-electron chi connectivity index (χ4n) is 3.81. The van der Waals surface area contributed by atoms with Gasteiger partial charge in [0.05, 0.1) is 0 Å². The average Bonchev–Trinajstić information content (AvgIpc) is 3.10. The van der Waals surface area contributed by atoms with Gasteiger partial charge in [0.15, 0.2) is 5.76 Å². The Morgan fingerprint density at radius 2 is 1.32 bits per heavy atom. The molecule has 0 saturated carbocycles. The molecule has 5 heteroatoms. The Bertz CT molecular complexity index is 1160. The molecule has 0 bridgehead atoms. The molecule has 1 aliphatic heterocycles. The first-order valence-corrected chi connectivity index (χ1v) is 11.7. The maximum Gasteiger partial charge on any atom is 0.300 e. The summed E-state index contributed by atoms with van der Waals surface area (Å²) in [6.07, 6.45) is 1.78. The van der Waals surface area contributed by atoms with Crippen LogP contribution in [0.1, 0.15) is 37.5 Å². The molecule has 0 aromatic heterocycles. The van der Waals surface area contributed by atoms with Crippen LogP contribution in [0.4, 0.5) is 17.1 Å². The first kappa shape index (κ1) is 23.3. The minimum atomic E-state index is -0.160. The fourth-order valence-corrected chi connectivity index (χ4v) is 3.81. The van der Waals surface area contributed by atoms with E-state index in [1.165, 1.54) is 11.1 Å². The molecule has 0 N–H and O–H groups in total. The first-order chi connectivity index (χ1) is 16.4.